The molecule has 2 N–H and O–H groups in total. The molecule has 1 fully saturated rings. The highest BCUT2D eigenvalue weighted by molar-refractivity contribution is 5.83. The lowest BCUT2D eigenvalue weighted by atomic mass is 9.74. The summed E-state index contributed by atoms with van der Waals surface area (Å²) in [4.78, 5) is 24.4. The number of esters is 1. The van der Waals surface area contributed by atoms with Crippen molar-refractivity contribution in [3.05, 3.63) is 59.7 Å². The molecule has 6 nitrogen and oxygen atoms in total. The average Bonchev–Trinajstić information content (AvgIpc) is 3.02. The Morgan fingerprint density at radius 2 is 1.68 bits per heavy atom. The van der Waals surface area contributed by atoms with Gasteiger partial charge in [-0.15, -0.1) is 0 Å². The second kappa shape index (κ2) is 7.28. The van der Waals surface area contributed by atoms with E-state index in [4.69, 9.17) is 9.47 Å². The van der Waals surface area contributed by atoms with Gasteiger partial charge in [-0.1, -0.05) is 48.5 Å². The third-order valence-corrected chi connectivity index (χ3v) is 5.80. The average molecular weight is 381 g/mol. The number of fused-ring (bicyclic) bond motifs is 3. The summed E-state index contributed by atoms with van der Waals surface area (Å²) in [5.41, 5.74) is 3.24. The van der Waals surface area contributed by atoms with Gasteiger partial charge in [-0.25, -0.2) is 9.59 Å². The number of nitrogens with one attached hydrogen (secondary N) is 1. The highest BCUT2D eigenvalue weighted by Gasteiger charge is 2.48. The smallest absolute Gasteiger partial charge is 0.407 e. The minimum atomic E-state index is -1.27. The fourth-order valence-electron chi connectivity index (χ4n) is 4.12. The van der Waals surface area contributed by atoms with Crippen molar-refractivity contribution in [3.8, 4) is 11.1 Å². The Balaban J connectivity index is 1.47. The molecule has 0 saturated heterocycles. The van der Waals surface area contributed by atoms with Crippen molar-refractivity contribution in [1.29, 1.82) is 0 Å². The van der Waals surface area contributed by atoms with E-state index in [-0.39, 0.29) is 12.5 Å². The molecule has 146 valence electrons. The van der Waals surface area contributed by atoms with Gasteiger partial charge in [0.25, 0.3) is 0 Å². The summed E-state index contributed by atoms with van der Waals surface area (Å²) in [7, 11) is 1.23. The molecule has 0 radical (unpaired) electrons. The zero-order chi connectivity index (χ0) is 19.7. The summed E-state index contributed by atoms with van der Waals surface area (Å²) in [5, 5.41) is 13.0. The maximum absolute atomic E-state index is 12.4. The van der Waals surface area contributed by atoms with Gasteiger partial charge in [0.1, 0.15) is 6.61 Å². The van der Waals surface area contributed by atoms with Crippen LogP contribution in [0.2, 0.25) is 0 Å². The summed E-state index contributed by atoms with van der Waals surface area (Å²) in [6, 6.07) is 15.0. The molecule has 28 heavy (non-hydrogen) atoms. The van der Waals surface area contributed by atoms with Crippen molar-refractivity contribution in [2.45, 2.75) is 36.8 Å². The highest BCUT2D eigenvalue weighted by atomic mass is 16.6. The monoisotopic (exact) mass is 381 g/mol. The van der Waals surface area contributed by atoms with Crippen molar-refractivity contribution >= 4 is 12.1 Å². The molecular formula is C22H23NO5. The van der Waals surface area contributed by atoms with Crippen molar-refractivity contribution in [3.63, 3.8) is 0 Å². The van der Waals surface area contributed by atoms with Gasteiger partial charge >= 0.3 is 12.1 Å². The molecule has 0 aromatic heterocycles. The van der Waals surface area contributed by atoms with E-state index in [1.54, 1.807) is 0 Å². The molecule has 2 aromatic rings. The fraction of sp³-hybridized carbons (Fsp3) is 0.364. The first-order valence-corrected chi connectivity index (χ1v) is 9.45. The number of ether oxygens (including phenoxy) is 2. The van der Waals surface area contributed by atoms with Crippen LogP contribution in [0.3, 0.4) is 0 Å². The summed E-state index contributed by atoms with van der Waals surface area (Å²) < 4.78 is 10.2. The van der Waals surface area contributed by atoms with Gasteiger partial charge < -0.3 is 19.9 Å². The van der Waals surface area contributed by atoms with Gasteiger partial charge in [0.2, 0.25) is 0 Å². The van der Waals surface area contributed by atoms with Gasteiger partial charge in [0, 0.05) is 5.92 Å². The van der Waals surface area contributed by atoms with Crippen molar-refractivity contribution in [2.75, 3.05) is 13.7 Å². The number of hydrogen-bond acceptors (Lipinski definition) is 5. The molecule has 2 aliphatic carbocycles. The molecule has 4 rings (SSSR count). The van der Waals surface area contributed by atoms with Crippen LogP contribution in [0.5, 0.6) is 0 Å². The lowest BCUT2D eigenvalue weighted by Gasteiger charge is -2.41. The van der Waals surface area contributed by atoms with Gasteiger partial charge in [0.05, 0.1) is 12.7 Å². The number of hydrogen-bond donors (Lipinski definition) is 2. The normalized spacial score (nSPS) is 17.6. The van der Waals surface area contributed by atoms with Gasteiger partial charge in [-0.2, -0.15) is 0 Å². The predicted octanol–water partition coefficient (Wildman–Crippen LogP) is 2.98. The van der Waals surface area contributed by atoms with Crippen LogP contribution in [0, 0.1) is 0 Å². The standard InChI is InChI=1S/C22H23NO5/c1-27-20(24)19(22(26)11-6-12-22)23-21(25)28-13-18-16-9-4-2-7-14(16)15-8-3-5-10-17(15)18/h2-5,7-10,18-19,26H,6,11-13H2,1H3,(H,23,25). The molecule has 1 amide bonds. The number of benzene rings is 2. The predicted molar refractivity (Wildman–Crippen MR) is 103 cm³/mol. The molecular weight excluding hydrogens is 358 g/mol. The molecule has 1 atom stereocenters. The van der Waals surface area contributed by atoms with E-state index in [9.17, 15) is 14.7 Å². The molecule has 2 aromatic carbocycles. The number of rotatable bonds is 5. The molecule has 0 bridgehead atoms. The fourth-order valence-corrected chi connectivity index (χ4v) is 4.12. The quantitative estimate of drug-likeness (QED) is 0.778. The van der Waals surface area contributed by atoms with E-state index in [0.29, 0.717) is 12.8 Å². The van der Waals surface area contributed by atoms with Crippen LogP contribution in [-0.2, 0) is 14.3 Å². The van der Waals surface area contributed by atoms with Crippen LogP contribution in [0.4, 0.5) is 4.79 Å². The molecule has 0 aliphatic heterocycles. The highest BCUT2D eigenvalue weighted by Crippen LogP contribution is 2.44. The first-order chi connectivity index (χ1) is 13.5. The topological polar surface area (TPSA) is 84.9 Å². The van der Waals surface area contributed by atoms with Crippen LogP contribution in [0.15, 0.2) is 48.5 Å². The molecule has 0 spiro atoms. The van der Waals surface area contributed by atoms with Crippen LogP contribution in [0.1, 0.15) is 36.3 Å². The second-order valence-electron chi connectivity index (χ2n) is 7.38. The van der Waals surface area contributed by atoms with E-state index in [0.717, 1.165) is 28.7 Å². The molecule has 0 heterocycles. The Hall–Kier alpha value is -2.86. The Morgan fingerprint density at radius 3 is 2.18 bits per heavy atom. The van der Waals surface area contributed by atoms with E-state index in [2.05, 4.69) is 17.4 Å². The zero-order valence-corrected chi connectivity index (χ0v) is 15.7. The molecule has 1 saturated carbocycles. The van der Waals surface area contributed by atoms with Crippen molar-refractivity contribution in [2.24, 2.45) is 0 Å². The third kappa shape index (κ3) is 3.14. The summed E-state index contributed by atoms with van der Waals surface area (Å²) in [6.45, 7) is 0.145. The Morgan fingerprint density at radius 1 is 1.11 bits per heavy atom. The summed E-state index contributed by atoms with van der Waals surface area (Å²) >= 11 is 0. The largest absolute Gasteiger partial charge is 0.467 e. The van der Waals surface area contributed by atoms with E-state index >= 15 is 0 Å². The van der Waals surface area contributed by atoms with Gasteiger partial charge in [0.15, 0.2) is 6.04 Å². The van der Waals surface area contributed by atoms with Gasteiger partial charge in [-0.05, 0) is 41.5 Å². The SMILES string of the molecule is COC(=O)C(NC(=O)OCC1c2ccccc2-c2ccccc21)C1(O)CCC1. The number of alkyl carbamates (subject to hydrolysis) is 1. The maximum atomic E-state index is 12.4. The molecule has 2 aliphatic rings. The first-order valence-electron chi connectivity index (χ1n) is 9.45. The minimum Gasteiger partial charge on any atom is -0.467 e. The number of amides is 1. The number of carbonyl (C=O) groups is 2. The van der Waals surface area contributed by atoms with Crippen LogP contribution < -0.4 is 5.32 Å². The second-order valence-corrected chi connectivity index (χ2v) is 7.38. The Labute approximate surface area is 163 Å². The number of methoxy groups -OCH3 is 1. The van der Waals surface area contributed by atoms with Crippen LogP contribution >= 0.6 is 0 Å². The van der Waals surface area contributed by atoms with Gasteiger partial charge in [-0.3, -0.25) is 0 Å². The van der Waals surface area contributed by atoms with Crippen LogP contribution in [0.25, 0.3) is 11.1 Å². The first kappa shape index (κ1) is 18.5. The summed E-state index contributed by atoms with van der Waals surface area (Å²) in [6.07, 6.45) is 0.945. The van der Waals surface area contributed by atoms with Crippen LogP contribution in [-0.4, -0.2) is 42.5 Å². The molecule has 6 heteroatoms. The lowest BCUT2D eigenvalue weighted by molar-refractivity contribution is -0.156. The van der Waals surface area contributed by atoms with E-state index in [1.807, 2.05) is 36.4 Å². The molecule has 1 unspecified atom stereocenters. The number of aliphatic hydroxyl groups is 1. The Bertz CT molecular complexity index is 860. The third-order valence-electron chi connectivity index (χ3n) is 5.80. The lowest BCUT2D eigenvalue weighted by Crippen LogP contribution is -2.60. The zero-order valence-electron chi connectivity index (χ0n) is 15.7. The van der Waals surface area contributed by atoms with Crippen molar-refractivity contribution < 1.29 is 24.2 Å². The van der Waals surface area contributed by atoms with E-state index in [1.165, 1.54) is 7.11 Å². The van der Waals surface area contributed by atoms with E-state index < -0.39 is 23.7 Å². The van der Waals surface area contributed by atoms with Crippen molar-refractivity contribution in [1.82, 2.24) is 5.32 Å². The minimum absolute atomic E-state index is 0.0680. The summed E-state index contributed by atoms with van der Waals surface area (Å²) in [5.74, 6) is -0.739. The Kier molecular flexibility index (Phi) is 4.81. The maximum Gasteiger partial charge on any atom is 0.407 e. The number of carbonyl (C=O) groups excluding carboxylic acids is 2.